The van der Waals surface area contributed by atoms with Gasteiger partial charge in [0.25, 0.3) is 5.91 Å². The van der Waals surface area contributed by atoms with Crippen LogP contribution in [0.3, 0.4) is 0 Å². The topological polar surface area (TPSA) is 75.3 Å². The molecular weight excluding hydrogens is 242 g/mol. The number of anilines is 1. The summed E-state index contributed by atoms with van der Waals surface area (Å²) in [5.41, 5.74) is 4.55. The molecule has 1 rings (SSSR count). The van der Waals surface area contributed by atoms with E-state index >= 15 is 0 Å². The summed E-state index contributed by atoms with van der Waals surface area (Å²) >= 11 is 0. The van der Waals surface area contributed by atoms with Crippen LogP contribution in [0, 0.1) is 11.6 Å². The lowest BCUT2D eigenvalue weighted by atomic mass is 10.0. The fourth-order valence-electron chi connectivity index (χ4n) is 1.48. The molecule has 1 aromatic carbocycles. The van der Waals surface area contributed by atoms with Crippen LogP contribution in [0.25, 0.3) is 0 Å². The third-order valence-electron chi connectivity index (χ3n) is 2.53. The van der Waals surface area contributed by atoms with Gasteiger partial charge >= 0.3 is 0 Å². The van der Waals surface area contributed by atoms with E-state index in [0.717, 1.165) is 12.1 Å². The summed E-state index contributed by atoms with van der Waals surface area (Å²) in [7, 11) is 0. The summed E-state index contributed by atoms with van der Waals surface area (Å²) in [6.07, 6.45) is 0.336. The zero-order chi connectivity index (χ0) is 13.9. The fraction of sp³-hybridized carbons (Fsp3) is 0.417. The van der Waals surface area contributed by atoms with Crippen molar-refractivity contribution in [1.29, 1.82) is 0 Å². The first kappa shape index (κ1) is 14.4. The van der Waals surface area contributed by atoms with Crippen molar-refractivity contribution in [1.82, 2.24) is 5.32 Å². The largest absolute Gasteiger partial charge is 0.398 e. The van der Waals surface area contributed by atoms with Crippen LogP contribution in [-0.2, 0) is 0 Å². The highest BCUT2D eigenvalue weighted by Crippen LogP contribution is 2.18. The van der Waals surface area contributed by atoms with E-state index in [0.29, 0.717) is 6.42 Å². The SMILES string of the molecule is CC(C)(CCO)NC(=O)c1cc(F)c(F)cc1N. The first-order valence-corrected chi connectivity index (χ1v) is 5.45. The van der Waals surface area contributed by atoms with Crippen molar-refractivity contribution in [2.24, 2.45) is 0 Å². The minimum Gasteiger partial charge on any atom is -0.398 e. The van der Waals surface area contributed by atoms with Crippen LogP contribution in [0.4, 0.5) is 14.5 Å². The number of nitrogen functional groups attached to an aromatic ring is 1. The second-order valence-corrected chi connectivity index (χ2v) is 4.67. The van der Waals surface area contributed by atoms with Crippen molar-refractivity contribution in [3.8, 4) is 0 Å². The second-order valence-electron chi connectivity index (χ2n) is 4.67. The molecule has 0 spiro atoms. The molecule has 4 nitrogen and oxygen atoms in total. The molecule has 6 heteroatoms. The third-order valence-corrected chi connectivity index (χ3v) is 2.53. The van der Waals surface area contributed by atoms with Crippen LogP contribution in [0.1, 0.15) is 30.6 Å². The highest BCUT2D eigenvalue weighted by Gasteiger charge is 2.22. The number of aliphatic hydroxyl groups excluding tert-OH is 1. The molecule has 1 amide bonds. The smallest absolute Gasteiger partial charge is 0.253 e. The Hall–Kier alpha value is -1.69. The monoisotopic (exact) mass is 258 g/mol. The lowest BCUT2D eigenvalue weighted by Crippen LogP contribution is -2.44. The average Bonchev–Trinajstić information content (AvgIpc) is 2.22. The van der Waals surface area contributed by atoms with E-state index in [1.807, 2.05) is 0 Å². The number of carbonyl (C=O) groups is 1. The molecule has 18 heavy (non-hydrogen) atoms. The molecule has 1 aromatic rings. The molecule has 0 heterocycles. The Bertz CT molecular complexity index is 462. The minimum atomic E-state index is -1.13. The van der Waals surface area contributed by atoms with Crippen LogP contribution in [-0.4, -0.2) is 23.2 Å². The summed E-state index contributed by atoms with van der Waals surface area (Å²) in [5, 5.41) is 11.4. The van der Waals surface area contributed by atoms with E-state index in [9.17, 15) is 13.6 Å². The number of benzene rings is 1. The van der Waals surface area contributed by atoms with E-state index in [-0.39, 0.29) is 17.9 Å². The Kier molecular flexibility index (Phi) is 4.24. The Morgan fingerprint density at radius 2 is 1.94 bits per heavy atom. The predicted molar refractivity (Wildman–Crippen MR) is 64.0 cm³/mol. The lowest BCUT2D eigenvalue weighted by molar-refractivity contribution is 0.0900. The average molecular weight is 258 g/mol. The zero-order valence-electron chi connectivity index (χ0n) is 10.3. The molecule has 100 valence electrons. The summed E-state index contributed by atoms with van der Waals surface area (Å²) in [5.74, 6) is -2.84. The summed E-state index contributed by atoms with van der Waals surface area (Å²) in [6.45, 7) is 3.31. The molecule has 0 atom stereocenters. The Labute approximate surface area is 104 Å². The first-order valence-electron chi connectivity index (χ1n) is 5.45. The molecule has 0 fully saturated rings. The molecule has 0 aromatic heterocycles. The molecule has 4 N–H and O–H groups in total. The number of amides is 1. The number of halogens is 2. The number of hydrogen-bond donors (Lipinski definition) is 3. The fourth-order valence-corrected chi connectivity index (χ4v) is 1.48. The van der Waals surface area contributed by atoms with Gasteiger partial charge < -0.3 is 16.2 Å². The van der Waals surface area contributed by atoms with Crippen molar-refractivity contribution in [2.75, 3.05) is 12.3 Å². The molecule has 0 saturated heterocycles. The Morgan fingerprint density at radius 1 is 1.39 bits per heavy atom. The molecule has 0 saturated carbocycles. The standard InChI is InChI=1S/C12H16F2N2O2/c1-12(2,3-4-17)16-11(18)7-5-8(13)9(14)6-10(7)15/h5-6,17H,3-4,15H2,1-2H3,(H,16,18). The molecule has 0 aliphatic heterocycles. The van der Waals surface area contributed by atoms with E-state index in [1.54, 1.807) is 13.8 Å². The van der Waals surface area contributed by atoms with E-state index in [4.69, 9.17) is 10.8 Å². The van der Waals surface area contributed by atoms with Crippen molar-refractivity contribution >= 4 is 11.6 Å². The maximum absolute atomic E-state index is 13.0. The normalized spacial score (nSPS) is 11.4. The molecule has 0 bridgehead atoms. The number of rotatable bonds is 4. The van der Waals surface area contributed by atoms with Crippen LogP contribution in [0.15, 0.2) is 12.1 Å². The summed E-state index contributed by atoms with van der Waals surface area (Å²) in [4.78, 5) is 11.9. The van der Waals surface area contributed by atoms with Gasteiger partial charge in [0.15, 0.2) is 11.6 Å². The number of carbonyl (C=O) groups excluding carboxylic acids is 1. The first-order chi connectivity index (χ1) is 8.26. The quantitative estimate of drug-likeness (QED) is 0.715. The van der Waals surface area contributed by atoms with Gasteiger partial charge in [-0.25, -0.2) is 8.78 Å². The van der Waals surface area contributed by atoms with Gasteiger partial charge in [-0.1, -0.05) is 0 Å². The summed E-state index contributed by atoms with van der Waals surface area (Å²) in [6, 6.07) is 1.53. The highest BCUT2D eigenvalue weighted by atomic mass is 19.2. The van der Waals surface area contributed by atoms with Crippen LogP contribution < -0.4 is 11.1 Å². The molecule has 0 radical (unpaired) electrons. The van der Waals surface area contributed by atoms with Crippen molar-refractivity contribution < 1.29 is 18.7 Å². The molecule has 0 aliphatic carbocycles. The second kappa shape index (κ2) is 5.30. The zero-order valence-corrected chi connectivity index (χ0v) is 10.3. The Morgan fingerprint density at radius 3 is 2.50 bits per heavy atom. The van der Waals surface area contributed by atoms with Gasteiger partial charge in [0, 0.05) is 23.9 Å². The van der Waals surface area contributed by atoms with Crippen molar-refractivity contribution in [2.45, 2.75) is 25.8 Å². The minimum absolute atomic E-state index is 0.0967. The summed E-state index contributed by atoms with van der Waals surface area (Å²) < 4.78 is 25.9. The van der Waals surface area contributed by atoms with Gasteiger partial charge in [-0.3, -0.25) is 4.79 Å². The number of nitrogens with two attached hydrogens (primary N) is 1. The van der Waals surface area contributed by atoms with E-state index in [1.165, 1.54) is 0 Å². The third kappa shape index (κ3) is 3.40. The number of nitrogens with one attached hydrogen (secondary N) is 1. The maximum Gasteiger partial charge on any atom is 0.253 e. The van der Waals surface area contributed by atoms with Crippen molar-refractivity contribution in [3.05, 3.63) is 29.3 Å². The van der Waals surface area contributed by atoms with Crippen LogP contribution in [0.2, 0.25) is 0 Å². The Balaban J connectivity index is 2.95. The molecule has 0 unspecified atom stereocenters. The van der Waals surface area contributed by atoms with Crippen molar-refractivity contribution in [3.63, 3.8) is 0 Å². The van der Waals surface area contributed by atoms with E-state index < -0.39 is 23.1 Å². The molecule has 0 aliphatic rings. The molecular formula is C12H16F2N2O2. The van der Waals surface area contributed by atoms with Crippen LogP contribution >= 0.6 is 0 Å². The lowest BCUT2D eigenvalue weighted by Gasteiger charge is -2.25. The van der Waals surface area contributed by atoms with Gasteiger partial charge in [-0.05, 0) is 26.3 Å². The van der Waals surface area contributed by atoms with Gasteiger partial charge in [0.05, 0.1) is 5.56 Å². The van der Waals surface area contributed by atoms with Gasteiger partial charge in [0.1, 0.15) is 0 Å². The van der Waals surface area contributed by atoms with E-state index in [2.05, 4.69) is 5.32 Å². The van der Waals surface area contributed by atoms with Gasteiger partial charge in [0.2, 0.25) is 0 Å². The van der Waals surface area contributed by atoms with Gasteiger partial charge in [-0.15, -0.1) is 0 Å². The van der Waals surface area contributed by atoms with Crippen LogP contribution in [0.5, 0.6) is 0 Å². The highest BCUT2D eigenvalue weighted by molar-refractivity contribution is 5.99. The predicted octanol–water partition coefficient (Wildman–Crippen LogP) is 1.44. The van der Waals surface area contributed by atoms with Gasteiger partial charge in [-0.2, -0.15) is 0 Å². The number of hydrogen-bond acceptors (Lipinski definition) is 3. The number of aliphatic hydroxyl groups is 1. The maximum atomic E-state index is 13.0.